The molecule has 7 nitrogen and oxygen atoms in total. The number of nitrogens with zero attached hydrogens (tertiary/aromatic N) is 5. The van der Waals surface area contributed by atoms with E-state index < -0.39 is 0 Å². The van der Waals surface area contributed by atoms with E-state index in [4.69, 9.17) is 11.6 Å². The van der Waals surface area contributed by atoms with Gasteiger partial charge in [0.2, 0.25) is 5.82 Å². The molecule has 31 heavy (non-hydrogen) atoms. The number of H-pyrrole nitrogens is 1. The zero-order valence-electron chi connectivity index (χ0n) is 17.7. The van der Waals surface area contributed by atoms with Gasteiger partial charge in [-0.25, -0.2) is 4.98 Å². The van der Waals surface area contributed by atoms with Gasteiger partial charge in [-0.05, 0) is 28.3 Å². The molecule has 0 spiro atoms. The average molecular weight is 446 g/mol. The molecule has 0 saturated heterocycles. The maximum atomic E-state index is 9.77. The summed E-state index contributed by atoms with van der Waals surface area (Å²) in [6.07, 6.45) is 2.95. The fourth-order valence-corrected chi connectivity index (χ4v) is 3.81. The van der Waals surface area contributed by atoms with Crippen LogP contribution < -0.4 is 0 Å². The molecular weight excluding hydrogens is 423 g/mol. The second-order valence-electron chi connectivity index (χ2n) is 7.09. The minimum Gasteiger partial charge on any atom is -0.390 e. The van der Waals surface area contributed by atoms with Crippen molar-refractivity contribution in [2.24, 2.45) is 0 Å². The van der Waals surface area contributed by atoms with Crippen LogP contribution in [0.5, 0.6) is 0 Å². The molecule has 2 heterocycles. The molecule has 0 saturated carbocycles. The van der Waals surface area contributed by atoms with E-state index in [1.165, 1.54) is 0 Å². The van der Waals surface area contributed by atoms with Crippen molar-refractivity contribution in [1.82, 2.24) is 30.2 Å². The standard InChI is InChI=1S/C22H23ClN6O.Na/c1-2-3-8-20-24-21(23)19(14-30)29(20)13-15-9-11-16(12-10-15)17-6-4-5-7-18(17)22-25-27-28-26-22;/h4-7,9-12,30H,2-3,8,13-14H2,1H3,(H,25,26,27,28);. The zero-order valence-corrected chi connectivity index (χ0v) is 20.5. The molecule has 155 valence electrons. The van der Waals surface area contributed by atoms with E-state index in [1.807, 2.05) is 28.8 Å². The third-order valence-electron chi connectivity index (χ3n) is 5.13. The second-order valence-corrected chi connectivity index (χ2v) is 7.45. The van der Waals surface area contributed by atoms with E-state index in [-0.39, 0.29) is 36.2 Å². The number of aromatic amines is 1. The number of aryl methyl sites for hydroxylation is 1. The van der Waals surface area contributed by atoms with Gasteiger partial charge in [-0.2, -0.15) is 5.21 Å². The van der Waals surface area contributed by atoms with Crippen LogP contribution in [0.4, 0.5) is 0 Å². The van der Waals surface area contributed by atoms with Crippen molar-refractivity contribution in [3.63, 3.8) is 0 Å². The van der Waals surface area contributed by atoms with Crippen LogP contribution in [0.15, 0.2) is 48.5 Å². The minimum atomic E-state index is -0.131. The van der Waals surface area contributed by atoms with E-state index >= 15 is 0 Å². The molecule has 0 aliphatic heterocycles. The van der Waals surface area contributed by atoms with Crippen molar-refractivity contribution >= 4 is 41.2 Å². The van der Waals surface area contributed by atoms with Crippen molar-refractivity contribution in [2.75, 3.05) is 0 Å². The topological polar surface area (TPSA) is 92.5 Å². The number of nitrogens with one attached hydrogen (secondary N) is 1. The number of hydrogen-bond acceptors (Lipinski definition) is 5. The molecule has 0 amide bonds. The maximum absolute atomic E-state index is 9.77. The molecule has 0 aliphatic rings. The quantitative estimate of drug-likeness (QED) is 0.401. The summed E-state index contributed by atoms with van der Waals surface area (Å²) < 4.78 is 2.03. The van der Waals surface area contributed by atoms with E-state index in [1.54, 1.807) is 0 Å². The molecule has 0 aliphatic carbocycles. The first-order valence-corrected chi connectivity index (χ1v) is 10.4. The summed E-state index contributed by atoms with van der Waals surface area (Å²) in [4.78, 5) is 4.47. The van der Waals surface area contributed by atoms with Gasteiger partial charge in [-0.1, -0.05) is 73.5 Å². The predicted octanol–water partition coefficient (Wildman–Crippen LogP) is 3.89. The molecule has 0 bridgehead atoms. The van der Waals surface area contributed by atoms with Gasteiger partial charge in [0.15, 0.2) is 5.15 Å². The molecule has 4 rings (SSSR count). The molecule has 4 aromatic rings. The Morgan fingerprint density at radius 3 is 2.45 bits per heavy atom. The largest absolute Gasteiger partial charge is 0.390 e. The molecule has 9 heteroatoms. The van der Waals surface area contributed by atoms with Gasteiger partial charge in [0.05, 0.1) is 12.3 Å². The molecule has 2 aromatic heterocycles. The molecule has 0 unspecified atom stereocenters. The van der Waals surface area contributed by atoms with E-state index in [0.717, 1.165) is 47.3 Å². The molecule has 2 aromatic carbocycles. The number of unbranched alkanes of at least 4 members (excludes halogenated alkanes) is 1. The van der Waals surface area contributed by atoms with Crippen LogP contribution in [0.3, 0.4) is 0 Å². The molecule has 0 fully saturated rings. The Kier molecular flexibility index (Phi) is 8.40. The summed E-state index contributed by atoms with van der Waals surface area (Å²) in [5, 5.41) is 24.5. The Morgan fingerprint density at radius 2 is 1.81 bits per heavy atom. The van der Waals surface area contributed by atoms with Crippen molar-refractivity contribution < 1.29 is 5.11 Å². The number of aliphatic hydroxyl groups is 1. The number of aliphatic hydroxyl groups excluding tert-OH is 1. The minimum absolute atomic E-state index is 0. The Bertz CT molecular complexity index is 1110. The second kappa shape index (κ2) is 11.0. The first-order valence-electron chi connectivity index (χ1n) is 9.98. The fourth-order valence-electron chi connectivity index (χ4n) is 3.55. The summed E-state index contributed by atoms with van der Waals surface area (Å²) >= 11 is 6.26. The summed E-state index contributed by atoms with van der Waals surface area (Å²) in [6.45, 7) is 2.63. The zero-order chi connectivity index (χ0) is 20.9. The summed E-state index contributed by atoms with van der Waals surface area (Å²) in [5.74, 6) is 1.48. The van der Waals surface area contributed by atoms with Gasteiger partial charge in [-0.15, -0.1) is 10.2 Å². The Labute approximate surface area is 208 Å². The van der Waals surface area contributed by atoms with Crippen molar-refractivity contribution in [2.45, 2.75) is 39.3 Å². The number of tetrazole rings is 1. The van der Waals surface area contributed by atoms with Gasteiger partial charge in [0, 0.05) is 48.1 Å². The summed E-state index contributed by atoms with van der Waals surface area (Å²) in [7, 11) is 0. The third kappa shape index (κ3) is 5.25. The summed E-state index contributed by atoms with van der Waals surface area (Å²) in [5.41, 5.74) is 4.80. The summed E-state index contributed by atoms with van der Waals surface area (Å²) in [6, 6.07) is 16.3. The van der Waals surface area contributed by atoms with Gasteiger partial charge in [0.1, 0.15) is 5.82 Å². The predicted molar refractivity (Wildman–Crippen MR) is 122 cm³/mol. The van der Waals surface area contributed by atoms with Crippen LogP contribution in [0, 0.1) is 0 Å². The van der Waals surface area contributed by atoms with Gasteiger partial charge in [0.25, 0.3) is 0 Å². The molecular formula is C22H23ClN6NaO. The Balaban J connectivity index is 0.00000272. The number of rotatable bonds is 8. The first-order chi connectivity index (χ1) is 14.7. The first kappa shape index (κ1) is 23.6. The normalized spacial score (nSPS) is 10.8. The molecule has 0 atom stereocenters. The monoisotopic (exact) mass is 445 g/mol. The van der Waals surface area contributed by atoms with Crippen LogP contribution in [-0.2, 0) is 19.6 Å². The number of imidazole rings is 1. The Hall–Kier alpha value is -2.03. The number of aromatic nitrogens is 6. The molecule has 2 N–H and O–H groups in total. The van der Waals surface area contributed by atoms with Gasteiger partial charge in [-0.3, -0.25) is 0 Å². The average Bonchev–Trinajstić information content (AvgIpc) is 3.41. The van der Waals surface area contributed by atoms with Crippen LogP contribution in [-0.4, -0.2) is 64.8 Å². The number of halogens is 1. The smallest absolute Gasteiger partial charge is 0.205 e. The van der Waals surface area contributed by atoms with Crippen molar-refractivity contribution in [1.29, 1.82) is 0 Å². The van der Waals surface area contributed by atoms with Crippen LogP contribution in [0.2, 0.25) is 5.15 Å². The van der Waals surface area contributed by atoms with Gasteiger partial charge < -0.3 is 9.67 Å². The molecule has 1 radical (unpaired) electrons. The van der Waals surface area contributed by atoms with E-state index in [0.29, 0.717) is 23.2 Å². The maximum Gasteiger partial charge on any atom is 0.205 e. The van der Waals surface area contributed by atoms with Gasteiger partial charge >= 0.3 is 0 Å². The van der Waals surface area contributed by atoms with E-state index in [9.17, 15) is 5.11 Å². The van der Waals surface area contributed by atoms with Crippen LogP contribution in [0.1, 0.15) is 36.8 Å². The SMILES string of the molecule is CCCCc1nc(Cl)c(CO)n1Cc1ccc(-c2ccccc2-c2nn[nH]n2)cc1.[Na]. The number of hydrogen-bond donors (Lipinski definition) is 2. The van der Waals surface area contributed by atoms with Crippen molar-refractivity contribution in [3.8, 4) is 22.5 Å². The van der Waals surface area contributed by atoms with Crippen LogP contribution in [0.25, 0.3) is 22.5 Å². The number of benzene rings is 2. The van der Waals surface area contributed by atoms with Crippen LogP contribution >= 0.6 is 11.6 Å². The third-order valence-corrected chi connectivity index (χ3v) is 5.43. The van der Waals surface area contributed by atoms with E-state index in [2.05, 4.69) is 56.8 Å². The fraction of sp³-hybridized carbons (Fsp3) is 0.273. The Morgan fingerprint density at radius 1 is 1.06 bits per heavy atom. The van der Waals surface area contributed by atoms with Crippen molar-refractivity contribution in [3.05, 3.63) is 70.8 Å².